The largest absolute Gasteiger partial charge is 0.508 e. The molecule has 1 aliphatic heterocycles. The van der Waals surface area contributed by atoms with Gasteiger partial charge in [-0.05, 0) is 47.4 Å². The molecule has 210 valence electrons. The van der Waals surface area contributed by atoms with Crippen LogP contribution in [0.2, 0.25) is 0 Å². The molecule has 0 spiro atoms. The zero-order valence-corrected chi connectivity index (χ0v) is 22.0. The highest BCUT2D eigenvalue weighted by Crippen LogP contribution is 2.38. The molecular formula is C31H29N3O7. The van der Waals surface area contributed by atoms with Gasteiger partial charge in [0, 0.05) is 31.0 Å². The second-order valence-corrected chi connectivity index (χ2v) is 9.95. The zero-order chi connectivity index (χ0) is 29.1. The third-order valence-corrected chi connectivity index (χ3v) is 7.21. The van der Waals surface area contributed by atoms with Crippen LogP contribution in [0, 0.1) is 0 Å². The van der Waals surface area contributed by atoms with E-state index in [-0.39, 0.29) is 42.8 Å². The molecule has 0 unspecified atom stereocenters. The van der Waals surface area contributed by atoms with Crippen LogP contribution in [0.4, 0.5) is 0 Å². The number of hydrogen-bond donors (Lipinski definition) is 5. The van der Waals surface area contributed by atoms with Crippen LogP contribution in [-0.4, -0.2) is 59.8 Å². The maximum Gasteiger partial charge on any atom is 0.326 e. The van der Waals surface area contributed by atoms with E-state index >= 15 is 0 Å². The Morgan fingerprint density at radius 1 is 0.902 bits per heavy atom. The Morgan fingerprint density at radius 2 is 1.59 bits per heavy atom. The molecule has 0 radical (unpaired) electrons. The number of aromatic hydroxyl groups is 3. The van der Waals surface area contributed by atoms with Gasteiger partial charge in [0.1, 0.15) is 17.8 Å². The molecule has 1 saturated heterocycles. The van der Waals surface area contributed by atoms with Crippen LogP contribution >= 0.6 is 0 Å². The molecule has 0 aliphatic carbocycles. The molecule has 1 fully saturated rings. The predicted molar refractivity (Wildman–Crippen MR) is 149 cm³/mol. The fourth-order valence-electron chi connectivity index (χ4n) is 5.06. The quantitative estimate of drug-likeness (QED) is 0.212. The second-order valence-electron chi connectivity index (χ2n) is 9.95. The minimum Gasteiger partial charge on any atom is -0.508 e. The molecule has 3 aromatic carbocycles. The number of carboxylic acids is 1. The number of carbonyl (C=O) groups excluding carboxylic acids is 2. The topological polar surface area (TPSA) is 152 Å². The van der Waals surface area contributed by atoms with E-state index in [9.17, 15) is 34.8 Å². The number of carbonyl (C=O) groups is 3. The van der Waals surface area contributed by atoms with E-state index in [1.165, 1.54) is 27.7 Å². The molecular weight excluding hydrogens is 526 g/mol. The summed E-state index contributed by atoms with van der Waals surface area (Å²) in [6.07, 6.45) is 0.523. The Balaban J connectivity index is 1.28. The van der Waals surface area contributed by atoms with Crippen LogP contribution in [0.25, 0.3) is 16.8 Å². The summed E-state index contributed by atoms with van der Waals surface area (Å²) < 4.78 is 1.24. The molecule has 41 heavy (non-hydrogen) atoms. The Kier molecular flexibility index (Phi) is 7.64. The van der Waals surface area contributed by atoms with Gasteiger partial charge >= 0.3 is 5.97 Å². The van der Waals surface area contributed by atoms with E-state index in [4.69, 9.17) is 0 Å². The van der Waals surface area contributed by atoms with E-state index in [0.717, 1.165) is 5.56 Å². The van der Waals surface area contributed by atoms with Gasteiger partial charge in [-0.1, -0.05) is 54.6 Å². The number of aliphatic carboxylic acids is 1. The Bertz CT molecular complexity index is 1560. The number of nitrogens with zero attached hydrogens (tertiary/aromatic N) is 2. The summed E-state index contributed by atoms with van der Waals surface area (Å²) in [5.41, 5.74) is 2.88. The number of aromatic nitrogens is 1. The molecule has 2 amide bonds. The van der Waals surface area contributed by atoms with E-state index in [1.807, 2.05) is 30.3 Å². The molecule has 0 saturated carbocycles. The summed E-state index contributed by atoms with van der Waals surface area (Å²) in [4.78, 5) is 39.1. The van der Waals surface area contributed by atoms with Crippen LogP contribution in [0.5, 0.6) is 17.5 Å². The van der Waals surface area contributed by atoms with Gasteiger partial charge < -0.3 is 30.6 Å². The lowest BCUT2D eigenvalue weighted by atomic mass is 10.0. The fraction of sp³-hybridized carbons (Fsp3) is 0.194. The second kappa shape index (κ2) is 11.5. The van der Waals surface area contributed by atoms with Crippen molar-refractivity contribution in [1.82, 2.24) is 14.8 Å². The van der Waals surface area contributed by atoms with E-state index in [2.05, 4.69) is 5.32 Å². The number of carboxylic acid groups (broad SMARTS) is 1. The Labute approximate surface area is 235 Å². The van der Waals surface area contributed by atoms with Crippen molar-refractivity contribution in [3.63, 3.8) is 0 Å². The van der Waals surface area contributed by atoms with Gasteiger partial charge in [0.05, 0.1) is 5.69 Å². The number of phenolic OH excluding ortho intramolecular Hbond substituents is 1. The average molecular weight is 556 g/mol. The van der Waals surface area contributed by atoms with Gasteiger partial charge in [0.15, 0.2) is 5.88 Å². The number of phenols is 1. The molecule has 5 rings (SSSR count). The molecule has 4 aromatic rings. The van der Waals surface area contributed by atoms with Gasteiger partial charge in [-0.25, -0.2) is 4.79 Å². The molecule has 2 heterocycles. The van der Waals surface area contributed by atoms with Gasteiger partial charge in [0.2, 0.25) is 17.7 Å². The molecule has 2 atom stereocenters. The first-order chi connectivity index (χ1) is 19.7. The summed E-state index contributed by atoms with van der Waals surface area (Å²) in [7, 11) is 0. The minimum absolute atomic E-state index is 0.0108. The van der Waals surface area contributed by atoms with Gasteiger partial charge in [-0.2, -0.15) is 0 Å². The fourth-order valence-corrected chi connectivity index (χ4v) is 5.06. The molecule has 5 N–H and O–H groups in total. The normalized spacial score (nSPS) is 15.6. The number of rotatable bonds is 9. The third kappa shape index (κ3) is 5.86. The number of amides is 2. The Hall–Kier alpha value is -5.25. The first-order valence-corrected chi connectivity index (χ1v) is 13.1. The van der Waals surface area contributed by atoms with E-state index < -0.39 is 24.0 Å². The predicted octanol–water partition coefficient (Wildman–Crippen LogP) is 3.56. The van der Waals surface area contributed by atoms with Crippen molar-refractivity contribution in [2.45, 2.75) is 37.9 Å². The van der Waals surface area contributed by atoms with Crippen molar-refractivity contribution >= 4 is 17.8 Å². The summed E-state index contributed by atoms with van der Waals surface area (Å²) >= 11 is 0. The van der Waals surface area contributed by atoms with Crippen molar-refractivity contribution in [3.8, 4) is 34.3 Å². The highest BCUT2D eigenvalue weighted by molar-refractivity contribution is 5.93. The summed E-state index contributed by atoms with van der Waals surface area (Å²) in [5.74, 6) is -2.21. The van der Waals surface area contributed by atoms with Crippen molar-refractivity contribution in [3.05, 3.63) is 96.1 Å². The van der Waals surface area contributed by atoms with Crippen LogP contribution in [0.15, 0.2) is 84.9 Å². The lowest BCUT2D eigenvalue weighted by molar-refractivity contribution is -0.143. The first kappa shape index (κ1) is 27.3. The van der Waals surface area contributed by atoms with Gasteiger partial charge in [-0.3, -0.25) is 14.2 Å². The number of benzene rings is 3. The molecule has 1 aromatic heterocycles. The molecule has 1 aliphatic rings. The Morgan fingerprint density at radius 3 is 2.24 bits per heavy atom. The van der Waals surface area contributed by atoms with Gasteiger partial charge in [0.25, 0.3) is 0 Å². The number of likely N-dealkylation sites (tertiary alicyclic amines) is 1. The average Bonchev–Trinajstić information content (AvgIpc) is 3.47. The van der Waals surface area contributed by atoms with Crippen molar-refractivity contribution in [2.24, 2.45) is 0 Å². The maximum absolute atomic E-state index is 13.1. The minimum atomic E-state index is -1.22. The van der Waals surface area contributed by atoms with Crippen LogP contribution in [0.3, 0.4) is 0 Å². The highest BCUT2D eigenvalue weighted by atomic mass is 16.4. The molecule has 0 bridgehead atoms. The van der Waals surface area contributed by atoms with Crippen molar-refractivity contribution in [1.29, 1.82) is 0 Å². The maximum atomic E-state index is 13.1. The molecule has 10 nitrogen and oxygen atoms in total. The standard InChI is InChI=1S/C31H29N3O7/c35-23-12-8-21(9-13-23)24-17-28(37)34(30(24)39)22-10-6-19(7-11-22)16-25(31(40)41)32-29(38)26-14-15-27(36)33(26)18-20-4-2-1-3-5-20/h1-13,17,25-26,35,37,39H,14-16,18H2,(H,32,38)(H,40,41)/t25-,26-/m0/s1. The lowest BCUT2D eigenvalue weighted by Crippen LogP contribution is -2.50. The van der Waals surface area contributed by atoms with Crippen molar-refractivity contribution in [2.75, 3.05) is 0 Å². The lowest BCUT2D eigenvalue weighted by Gasteiger charge is -2.26. The van der Waals surface area contributed by atoms with Crippen LogP contribution in [0.1, 0.15) is 24.0 Å². The summed E-state index contributed by atoms with van der Waals surface area (Å²) in [6.45, 7) is 0.268. The monoisotopic (exact) mass is 555 g/mol. The van der Waals surface area contributed by atoms with Crippen molar-refractivity contribution < 1.29 is 34.8 Å². The van der Waals surface area contributed by atoms with Crippen LogP contribution in [-0.2, 0) is 27.3 Å². The number of nitrogens with one attached hydrogen (secondary N) is 1. The van der Waals surface area contributed by atoms with Crippen LogP contribution < -0.4 is 5.32 Å². The number of hydrogen-bond acceptors (Lipinski definition) is 6. The zero-order valence-electron chi connectivity index (χ0n) is 22.0. The SMILES string of the molecule is O=C(O)[C@H](Cc1ccc(-n2c(O)cc(-c3ccc(O)cc3)c2O)cc1)NC(=O)[C@@H]1CCC(=O)N1Cc1ccccc1. The van der Waals surface area contributed by atoms with E-state index in [0.29, 0.717) is 28.8 Å². The summed E-state index contributed by atoms with van der Waals surface area (Å²) in [6, 6.07) is 21.4. The molecule has 10 heteroatoms. The summed E-state index contributed by atoms with van der Waals surface area (Å²) in [5, 5.41) is 43.3. The van der Waals surface area contributed by atoms with Gasteiger partial charge in [-0.15, -0.1) is 0 Å². The third-order valence-electron chi connectivity index (χ3n) is 7.21. The van der Waals surface area contributed by atoms with E-state index in [1.54, 1.807) is 36.4 Å². The smallest absolute Gasteiger partial charge is 0.326 e. The first-order valence-electron chi connectivity index (χ1n) is 13.1. The highest BCUT2D eigenvalue weighted by Gasteiger charge is 2.37.